The van der Waals surface area contributed by atoms with Crippen LogP contribution in [0.1, 0.15) is 6.92 Å². The van der Waals surface area contributed by atoms with Gasteiger partial charge in [0.05, 0.1) is 13.7 Å². The molecule has 3 N–H and O–H groups in total. The largest absolute Gasteiger partial charge is 0.497 e. The van der Waals surface area contributed by atoms with Gasteiger partial charge in [-0.2, -0.15) is 0 Å². The predicted molar refractivity (Wildman–Crippen MR) is 90.9 cm³/mol. The minimum absolute atomic E-state index is 0.121. The van der Waals surface area contributed by atoms with Gasteiger partial charge in [0.2, 0.25) is 11.8 Å². The molecule has 0 atom stereocenters. The number of amides is 2. The maximum Gasteiger partial charge on any atom is 0.243 e. The molecule has 23 heavy (non-hydrogen) atoms. The van der Waals surface area contributed by atoms with Gasteiger partial charge in [0.15, 0.2) is 0 Å². The third-order valence-corrected chi connectivity index (χ3v) is 3.01. The molecule has 0 bridgehead atoms. The van der Waals surface area contributed by atoms with Crippen molar-refractivity contribution in [1.29, 1.82) is 0 Å². The molecule has 2 aromatic rings. The van der Waals surface area contributed by atoms with Crippen molar-refractivity contribution < 1.29 is 14.3 Å². The Morgan fingerprint density at radius 1 is 0.957 bits per heavy atom. The summed E-state index contributed by atoms with van der Waals surface area (Å²) in [6.07, 6.45) is 0. The lowest BCUT2D eigenvalue weighted by atomic mass is 10.2. The summed E-state index contributed by atoms with van der Waals surface area (Å²) in [6.45, 7) is 1.57. The summed E-state index contributed by atoms with van der Waals surface area (Å²) in [7, 11) is 1.59. The van der Waals surface area contributed by atoms with E-state index < -0.39 is 0 Å². The van der Waals surface area contributed by atoms with Gasteiger partial charge in [-0.1, -0.05) is 6.07 Å². The van der Waals surface area contributed by atoms with Gasteiger partial charge >= 0.3 is 0 Å². The summed E-state index contributed by atoms with van der Waals surface area (Å²) in [5.41, 5.74) is 2.13. The molecule has 0 saturated carbocycles. The SMILES string of the molecule is COc1ccc(NC(=O)CNc2cccc(NC(C)=O)c2)cc1. The van der Waals surface area contributed by atoms with E-state index in [0.29, 0.717) is 11.4 Å². The molecule has 0 aliphatic heterocycles. The maximum atomic E-state index is 11.9. The molecule has 2 amide bonds. The van der Waals surface area contributed by atoms with Gasteiger partial charge in [0, 0.05) is 24.0 Å². The summed E-state index contributed by atoms with van der Waals surface area (Å²) in [5, 5.41) is 8.49. The Kier molecular flexibility index (Phi) is 5.57. The fourth-order valence-electron chi connectivity index (χ4n) is 1.97. The number of benzene rings is 2. The van der Waals surface area contributed by atoms with Crippen molar-refractivity contribution in [2.24, 2.45) is 0 Å². The number of ether oxygens (including phenoxy) is 1. The first-order valence-electron chi connectivity index (χ1n) is 7.12. The van der Waals surface area contributed by atoms with Crippen LogP contribution in [0.3, 0.4) is 0 Å². The Labute approximate surface area is 134 Å². The Hall–Kier alpha value is -3.02. The molecule has 0 aliphatic rings. The highest BCUT2D eigenvalue weighted by Gasteiger charge is 2.03. The topological polar surface area (TPSA) is 79.5 Å². The highest BCUT2D eigenvalue weighted by molar-refractivity contribution is 5.94. The number of hydrogen-bond donors (Lipinski definition) is 3. The summed E-state index contributed by atoms with van der Waals surface area (Å²) >= 11 is 0. The van der Waals surface area contributed by atoms with Crippen molar-refractivity contribution in [2.75, 3.05) is 29.6 Å². The summed E-state index contributed by atoms with van der Waals surface area (Å²) in [4.78, 5) is 23.0. The van der Waals surface area contributed by atoms with Crippen LogP contribution < -0.4 is 20.7 Å². The molecule has 0 unspecified atom stereocenters. The molecule has 0 radical (unpaired) electrons. The standard InChI is InChI=1S/C17H19N3O3/c1-12(21)19-15-5-3-4-14(10-15)18-11-17(22)20-13-6-8-16(23-2)9-7-13/h3-10,18H,11H2,1-2H3,(H,19,21)(H,20,22). The van der Waals surface area contributed by atoms with Crippen molar-refractivity contribution in [1.82, 2.24) is 0 Å². The minimum Gasteiger partial charge on any atom is -0.497 e. The molecule has 6 nitrogen and oxygen atoms in total. The molecule has 2 rings (SSSR count). The van der Waals surface area contributed by atoms with Crippen LogP contribution in [0.15, 0.2) is 48.5 Å². The van der Waals surface area contributed by atoms with Gasteiger partial charge in [0.25, 0.3) is 0 Å². The molecule has 0 aromatic heterocycles. The van der Waals surface area contributed by atoms with E-state index in [9.17, 15) is 9.59 Å². The highest BCUT2D eigenvalue weighted by atomic mass is 16.5. The Balaban J connectivity index is 1.87. The molecule has 6 heteroatoms. The molecular formula is C17H19N3O3. The Morgan fingerprint density at radius 2 is 1.65 bits per heavy atom. The van der Waals surface area contributed by atoms with Gasteiger partial charge < -0.3 is 20.7 Å². The molecule has 0 saturated heterocycles. The van der Waals surface area contributed by atoms with Crippen molar-refractivity contribution >= 4 is 28.9 Å². The van der Waals surface area contributed by atoms with Crippen molar-refractivity contribution in [2.45, 2.75) is 6.92 Å². The second kappa shape index (κ2) is 7.84. The van der Waals surface area contributed by atoms with E-state index in [1.807, 2.05) is 6.07 Å². The third-order valence-electron chi connectivity index (χ3n) is 3.01. The van der Waals surface area contributed by atoms with Crippen LogP contribution in [0.25, 0.3) is 0 Å². The molecule has 120 valence electrons. The van der Waals surface area contributed by atoms with Crippen molar-refractivity contribution in [3.8, 4) is 5.75 Å². The maximum absolute atomic E-state index is 11.9. The normalized spacial score (nSPS) is 9.83. The zero-order valence-electron chi connectivity index (χ0n) is 13.1. The minimum atomic E-state index is -0.167. The van der Waals surface area contributed by atoms with E-state index in [2.05, 4.69) is 16.0 Å². The number of hydrogen-bond acceptors (Lipinski definition) is 4. The second-order valence-electron chi connectivity index (χ2n) is 4.89. The highest BCUT2D eigenvalue weighted by Crippen LogP contribution is 2.16. The van der Waals surface area contributed by atoms with E-state index in [0.717, 1.165) is 11.4 Å². The number of carbonyl (C=O) groups is 2. The lowest BCUT2D eigenvalue weighted by Crippen LogP contribution is -2.21. The zero-order valence-corrected chi connectivity index (χ0v) is 13.1. The molecule has 2 aromatic carbocycles. The first-order valence-corrected chi connectivity index (χ1v) is 7.12. The monoisotopic (exact) mass is 313 g/mol. The number of anilines is 3. The summed E-state index contributed by atoms with van der Waals surface area (Å²) in [5.74, 6) is 0.426. The summed E-state index contributed by atoms with van der Waals surface area (Å²) in [6, 6.07) is 14.3. The van der Waals surface area contributed by atoms with Crippen LogP contribution >= 0.6 is 0 Å². The van der Waals surface area contributed by atoms with Crippen LogP contribution in [0.2, 0.25) is 0 Å². The fourth-order valence-corrected chi connectivity index (χ4v) is 1.97. The molecular weight excluding hydrogens is 294 g/mol. The second-order valence-corrected chi connectivity index (χ2v) is 4.89. The fraction of sp³-hybridized carbons (Fsp3) is 0.176. The number of nitrogens with one attached hydrogen (secondary N) is 3. The molecule has 0 aliphatic carbocycles. The molecule has 0 spiro atoms. The average Bonchev–Trinajstić information content (AvgIpc) is 2.53. The number of carbonyl (C=O) groups excluding carboxylic acids is 2. The van der Waals surface area contributed by atoms with Gasteiger partial charge in [-0.05, 0) is 42.5 Å². The molecule has 0 heterocycles. The van der Waals surface area contributed by atoms with Crippen LogP contribution in [-0.4, -0.2) is 25.5 Å². The lowest BCUT2D eigenvalue weighted by Gasteiger charge is -2.10. The van der Waals surface area contributed by atoms with E-state index in [1.54, 1.807) is 49.6 Å². The van der Waals surface area contributed by atoms with E-state index >= 15 is 0 Å². The average molecular weight is 313 g/mol. The summed E-state index contributed by atoms with van der Waals surface area (Å²) < 4.78 is 5.06. The van der Waals surface area contributed by atoms with E-state index in [1.165, 1.54) is 6.92 Å². The molecule has 0 fully saturated rings. The first kappa shape index (κ1) is 16.4. The number of methoxy groups -OCH3 is 1. The van der Waals surface area contributed by atoms with Crippen LogP contribution in [-0.2, 0) is 9.59 Å². The van der Waals surface area contributed by atoms with Crippen molar-refractivity contribution in [3.63, 3.8) is 0 Å². The van der Waals surface area contributed by atoms with Gasteiger partial charge in [-0.25, -0.2) is 0 Å². The van der Waals surface area contributed by atoms with Gasteiger partial charge in [0.1, 0.15) is 5.75 Å². The quantitative estimate of drug-likeness (QED) is 0.766. The van der Waals surface area contributed by atoms with E-state index in [-0.39, 0.29) is 18.4 Å². The van der Waals surface area contributed by atoms with Crippen LogP contribution in [0, 0.1) is 0 Å². The number of rotatable bonds is 6. The van der Waals surface area contributed by atoms with Gasteiger partial charge in [-0.15, -0.1) is 0 Å². The lowest BCUT2D eigenvalue weighted by molar-refractivity contribution is -0.115. The van der Waals surface area contributed by atoms with E-state index in [4.69, 9.17) is 4.74 Å². The van der Waals surface area contributed by atoms with Crippen LogP contribution in [0.4, 0.5) is 17.1 Å². The third kappa shape index (κ3) is 5.35. The van der Waals surface area contributed by atoms with Crippen molar-refractivity contribution in [3.05, 3.63) is 48.5 Å². The Morgan fingerprint density at radius 3 is 2.30 bits per heavy atom. The smallest absolute Gasteiger partial charge is 0.243 e. The van der Waals surface area contributed by atoms with Gasteiger partial charge in [-0.3, -0.25) is 9.59 Å². The zero-order chi connectivity index (χ0) is 16.7. The first-order chi connectivity index (χ1) is 11.1. The Bertz CT molecular complexity index is 684. The van der Waals surface area contributed by atoms with Crippen LogP contribution in [0.5, 0.6) is 5.75 Å². The predicted octanol–water partition coefficient (Wildman–Crippen LogP) is 2.70.